The second kappa shape index (κ2) is 11.6. The van der Waals surface area contributed by atoms with Crippen LogP contribution in [-0.2, 0) is 17.7 Å². The molecule has 0 aromatic carbocycles. The van der Waals surface area contributed by atoms with Gasteiger partial charge in [0.25, 0.3) is 0 Å². The van der Waals surface area contributed by atoms with E-state index >= 15 is 0 Å². The van der Waals surface area contributed by atoms with Crippen molar-refractivity contribution in [1.82, 2.24) is 24.6 Å². The lowest BCUT2D eigenvalue weighted by atomic mass is 10.3. The van der Waals surface area contributed by atoms with E-state index in [1.165, 1.54) is 5.56 Å². The number of nitrogens with one attached hydrogen (secondary N) is 1. The van der Waals surface area contributed by atoms with E-state index in [1.54, 1.807) is 18.4 Å². The number of aromatic nitrogens is 3. The predicted octanol–water partition coefficient (Wildman–Crippen LogP) is 4.06. The van der Waals surface area contributed by atoms with Crippen LogP contribution in [0.25, 0.3) is 5.65 Å². The summed E-state index contributed by atoms with van der Waals surface area (Å²) in [5, 5.41) is 6.45. The van der Waals surface area contributed by atoms with Crippen LogP contribution in [0.2, 0.25) is 0 Å². The van der Waals surface area contributed by atoms with Crippen LogP contribution >= 0.6 is 35.3 Å². The van der Waals surface area contributed by atoms with Crippen LogP contribution in [0.1, 0.15) is 41.9 Å². The standard InChI is InChI=1S/C21H30N6OS.HI/c1-6-22-21(26(4)12-18-14-29-20(25-18)16(3)28-5)23-10-9-17-13-27-11-7-8-15(2)19(27)24-17;/h7-8,11,13-14,16H,6,9-10,12H2,1-5H3,(H,22,23);1H. The molecule has 0 saturated heterocycles. The van der Waals surface area contributed by atoms with Gasteiger partial charge in [0.15, 0.2) is 5.96 Å². The minimum atomic E-state index is 0. The lowest BCUT2D eigenvalue weighted by Crippen LogP contribution is -2.38. The molecule has 0 aliphatic carbocycles. The van der Waals surface area contributed by atoms with Crippen molar-refractivity contribution in [3.05, 3.63) is 51.9 Å². The second-order valence-corrected chi connectivity index (χ2v) is 7.94. The first-order valence-corrected chi connectivity index (χ1v) is 10.8. The number of hydrogen-bond donors (Lipinski definition) is 1. The molecule has 0 fully saturated rings. The SMILES string of the molecule is CCNC(=NCCc1cn2cccc(C)c2n1)N(C)Cc1csc(C(C)OC)n1.I. The van der Waals surface area contributed by atoms with Crippen molar-refractivity contribution in [3.8, 4) is 0 Å². The van der Waals surface area contributed by atoms with Gasteiger partial charge in [-0.2, -0.15) is 0 Å². The molecule has 0 aliphatic rings. The number of thiazole rings is 1. The zero-order valence-corrected chi connectivity index (χ0v) is 21.4. The van der Waals surface area contributed by atoms with Gasteiger partial charge in [0.1, 0.15) is 16.8 Å². The van der Waals surface area contributed by atoms with E-state index in [0.717, 1.165) is 41.0 Å². The molecule has 0 spiro atoms. The molecule has 3 heterocycles. The highest BCUT2D eigenvalue weighted by Crippen LogP contribution is 2.21. The largest absolute Gasteiger partial charge is 0.375 e. The quantitative estimate of drug-likeness (QED) is 0.264. The van der Waals surface area contributed by atoms with Gasteiger partial charge in [-0.05, 0) is 32.4 Å². The number of hydrogen-bond acceptors (Lipinski definition) is 5. The summed E-state index contributed by atoms with van der Waals surface area (Å²) in [6, 6.07) is 4.13. The lowest BCUT2D eigenvalue weighted by Gasteiger charge is -2.21. The topological polar surface area (TPSA) is 67.0 Å². The molecule has 0 saturated carbocycles. The number of rotatable bonds is 8. The summed E-state index contributed by atoms with van der Waals surface area (Å²) < 4.78 is 7.43. The first-order valence-electron chi connectivity index (χ1n) is 9.91. The Morgan fingerprint density at radius 3 is 2.87 bits per heavy atom. The molecule has 3 aromatic heterocycles. The molecule has 0 amide bonds. The molecule has 0 bridgehead atoms. The third-order valence-electron chi connectivity index (χ3n) is 4.72. The zero-order valence-electron chi connectivity index (χ0n) is 18.3. The van der Waals surface area contributed by atoms with Gasteiger partial charge in [0, 0.05) is 51.4 Å². The molecule has 9 heteroatoms. The van der Waals surface area contributed by atoms with E-state index in [4.69, 9.17) is 14.7 Å². The van der Waals surface area contributed by atoms with Gasteiger partial charge in [0.2, 0.25) is 0 Å². The highest BCUT2D eigenvalue weighted by atomic mass is 127. The van der Waals surface area contributed by atoms with Gasteiger partial charge in [-0.25, -0.2) is 9.97 Å². The molecule has 3 aromatic rings. The van der Waals surface area contributed by atoms with Gasteiger partial charge in [-0.15, -0.1) is 35.3 Å². The fourth-order valence-electron chi connectivity index (χ4n) is 3.07. The first-order chi connectivity index (χ1) is 14.0. The third kappa shape index (κ3) is 6.14. The number of aliphatic imine (C=N–C) groups is 1. The van der Waals surface area contributed by atoms with E-state index in [1.807, 2.05) is 26.2 Å². The Morgan fingerprint density at radius 2 is 2.17 bits per heavy atom. The molecule has 1 atom stereocenters. The average Bonchev–Trinajstić information content (AvgIpc) is 3.34. The number of methoxy groups -OCH3 is 1. The van der Waals surface area contributed by atoms with Crippen molar-refractivity contribution >= 4 is 46.9 Å². The summed E-state index contributed by atoms with van der Waals surface area (Å²) in [6.45, 7) is 8.37. The number of ether oxygens (including phenoxy) is 1. The van der Waals surface area contributed by atoms with E-state index in [0.29, 0.717) is 13.1 Å². The van der Waals surface area contributed by atoms with E-state index in [2.05, 4.69) is 51.1 Å². The Morgan fingerprint density at radius 1 is 1.37 bits per heavy atom. The number of fused-ring (bicyclic) bond motifs is 1. The first kappa shape index (κ1) is 24.5. The Bertz CT molecular complexity index is 969. The Labute approximate surface area is 199 Å². The van der Waals surface area contributed by atoms with Crippen molar-refractivity contribution in [3.63, 3.8) is 0 Å². The summed E-state index contributed by atoms with van der Waals surface area (Å²) >= 11 is 1.63. The maximum absolute atomic E-state index is 5.36. The molecule has 7 nitrogen and oxygen atoms in total. The summed E-state index contributed by atoms with van der Waals surface area (Å²) in [5.74, 6) is 0.877. The molecule has 1 unspecified atom stereocenters. The molecular weight excluding hydrogens is 511 g/mol. The summed E-state index contributed by atoms with van der Waals surface area (Å²) in [6.07, 6.45) is 4.94. The minimum absolute atomic E-state index is 0. The van der Waals surface area contributed by atoms with Crippen LogP contribution < -0.4 is 5.32 Å². The maximum atomic E-state index is 5.36. The highest BCUT2D eigenvalue weighted by molar-refractivity contribution is 14.0. The van der Waals surface area contributed by atoms with Gasteiger partial charge < -0.3 is 19.4 Å². The molecule has 0 aliphatic heterocycles. The molecule has 164 valence electrons. The average molecular weight is 542 g/mol. The van der Waals surface area contributed by atoms with Crippen LogP contribution in [0.15, 0.2) is 34.9 Å². The normalized spacial score (nSPS) is 12.6. The minimum Gasteiger partial charge on any atom is -0.375 e. The maximum Gasteiger partial charge on any atom is 0.194 e. The smallest absolute Gasteiger partial charge is 0.194 e. The van der Waals surface area contributed by atoms with Crippen LogP contribution in [0.4, 0.5) is 0 Å². The molecule has 0 radical (unpaired) electrons. The molecule has 3 rings (SSSR count). The number of imidazole rings is 1. The summed E-state index contributed by atoms with van der Waals surface area (Å²) in [5.41, 5.74) is 4.28. The number of aryl methyl sites for hydroxylation is 1. The molecule has 1 N–H and O–H groups in total. The van der Waals surface area contributed by atoms with Gasteiger partial charge >= 0.3 is 0 Å². The highest BCUT2D eigenvalue weighted by Gasteiger charge is 2.13. The zero-order chi connectivity index (χ0) is 20.8. The van der Waals surface area contributed by atoms with Crippen molar-refractivity contribution in [2.24, 2.45) is 4.99 Å². The lowest BCUT2D eigenvalue weighted by molar-refractivity contribution is 0.119. The Balaban J connectivity index is 0.00000320. The summed E-state index contributed by atoms with van der Waals surface area (Å²) in [7, 11) is 3.74. The monoisotopic (exact) mass is 542 g/mol. The van der Waals surface area contributed by atoms with Crippen LogP contribution in [0, 0.1) is 6.92 Å². The van der Waals surface area contributed by atoms with Crippen molar-refractivity contribution < 1.29 is 4.74 Å². The van der Waals surface area contributed by atoms with Crippen molar-refractivity contribution in [2.75, 3.05) is 27.2 Å². The fraction of sp³-hybridized carbons (Fsp3) is 0.476. The van der Waals surface area contributed by atoms with Crippen LogP contribution in [0.5, 0.6) is 0 Å². The predicted molar refractivity (Wildman–Crippen MR) is 134 cm³/mol. The van der Waals surface area contributed by atoms with E-state index in [-0.39, 0.29) is 30.1 Å². The number of halogens is 1. The molecule has 30 heavy (non-hydrogen) atoms. The van der Waals surface area contributed by atoms with E-state index in [9.17, 15) is 0 Å². The van der Waals surface area contributed by atoms with Crippen molar-refractivity contribution in [1.29, 1.82) is 0 Å². The number of guanidine groups is 1. The molecular formula is C21H31IN6OS. The van der Waals surface area contributed by atoms with Gasteiger partial charge in [0.05, 0.1) is 17.9 Å². The second-order valence-electron chi connectivity index (χ2n) is 7.05. The van der Waals surface area contributed by atoms with Gasteiger partial charge in [-0.3, -0.25) is 4.99 Å². The van der Waals surface area contributed by atoms with Crippen LogP contribution in [0.3, 0.4) is 0 Å². The third-order valence-corrected chi connectivity index (χ3v) is 5.78. The van der Waals surface area contributed by atoms with E-state index < -0.39 is 0 Å². The van der Waals surface area contributed by atoms with Crippen molar-refractivity contribution in [2.45, 2.75) is 39.8 Å². The van der Waals surface area contributed by atoms with Gasteiger partial charge in [-0.1, -0.05) is 6.07 Å². The Hall–Kier alpha value is -1.72. The number of nitrogens with zero attached hydrogens (tertiary/aromatic N) is 5. The summed E-state index contributed by atoms with van der Waals surface area (Å²) in [4.78, 5) is 16.3. The van der Waals surface area contributed by atoms with Crippen LogP contribution in [-0.4, -0.2) is 52.5 Å². The number of pyridine rings is 1. The fourth-order valence-corrected chi connectivity index (χ4v) is 3.91. The Kier molecular flexibility index (Phi) is 9.50.